The number of halogens is 1. The Hall–Kier alpha value is -3.13. The number of hydrogen-bond acceptors (Lipinski definition) is 3. The Bertz CT molecular complexity index is 898. The van der Waals surface area contributed by atoms with Crippen LogP contribution in [0.5, 0.6) is 5.75 Å². The summed E-state index contributed by atoms with van der Waals surface area (Å²) in [6, 6.07) is 15.5. The van der Waals surface area contributed by atoms with Crippen LogP contribution in [0.3, 0.4) is 0 Å². The molecule has 1 fully saturated rings. The van der Waals surface area contributed by atoms with Crippen LogP contribution in [-0.4, -0.2) is 11.9 Å². The van der Waals surface area contributed by atoms with E-state index in [1.807, 2.05) is 6.07 Å². The molecule has 1 N–H and O–H groups in total. The van der Waals surface area contributed by atoms with Crippen molar-refractivity contribution in [3.8, 4) is 11.8 Å². The summed E-state index contributed by atoms with van der Waals surface area (Å²) in [5.74, 6) is 0.499. The quantitative estimate of drug-likeness (QED) is 0.555. The average molecular weight is 392 g/mol. The predicted octanol–water partition coefficient (Wildman–Crippen LogP) is 5.01. The second-order valence-electron chi connectivity index (χ2n) is 7.50. The molecule has 1 aliphatic carbocycles. The van der Waals surface area contributed by atoms with Crippen molar-refractivity contribution < 1.29 is 13.9 Å². The van der Waals surface area contributed by atoms with E-state index in [9.17, 15) is 14.4 Å². The van der Waals surface area contributed by atoms with E-state index in [1.54, 1.807) is 42.5 Å². The predicted molar refractivity (Wildman–Crippen MR) is 110 cm³/mol. The lowest BCUT2D eigenvalue weighted by Gasteiger charge is -2.29. The summed E-state index contributed by atoms with van der Waals surface area (Å²) >= 11 is 0. The fourth-order valence-electron chi connectivity index (χ4n) is 3.50. The number of ether oxygens (including phenoxy) is 1. The monoisotopic (exact) mass is 392 g/mol. The number of amides is 1. The van der Waals surface area contributed by atoms with Gasteiger partial charge in [-0.3, -0.25) is 4.79 Å². The topological polar surface area (TPSA) is 62.1 Å². The Morgan fingerprint density at radius 2 is 1.86 bits per heavy atom. The lowest BCUT2D eigenvalue weighted by molar-refractivity contribution is -0.118. The number of carbonyl (C=O) groups excluding carboxylic acids is 1. The maximum absolute atomic E-state index is 12.9. The molecule has 1 aliphatic rings. The first-order chi connectivity index (χ1) is 14.0. The van der Waals surface area contributed by atoms with E-state index in [0.717, 1.165) is 30.4 Å². The largest absolute Gasteiger partial charge is 0.489 e. The molecule has 0 bridgehead atoms. The first kappa shape index (κ1) is 20.6. The molecular formula is C24H25FN2O2. The molecule has 3 rings (SSSR count). The second kappa shape index (κ2) is 9.88. The van der Waals surface area contributed by atoms with Crippen LogP contribution in [0.2, 0.25) is 0 Å². The number of hydrogen-bond donors (Lipinski definition) is 1. The van der Waals surface area contributed by atoms with Gasteiger partial charge in [0.05, 0.1) is 0 Å². The lowest BCUT2D eigenvalue weighted by atomic mass is 9.86. The van der Waals surface area contributed by atoms with Gasteiger partial charge < -0.3 is 10.1 Å². The standard InChI is InChI=1S/C24H25FN2O2/c1-17-4-2-3-5-23(17)27-24(28)20(15-26)14-18-8-12-22(13-9-18)29-16-19-6-10-21(25)11-7-19/h6-14,17,23H,2-5,16H2,1H3,(H,27,28)/b20-14+/t17-,23-/m1/s1. The van der Waals surface area contributed by atoms with Crippen LogP contribution in [0.25, 0.3) is 6.08 Å². The van der Waals surface area contributed by atoms with Crippen LogP contribution in [0.15, 0.2) is 54.1 Å². The van der Waals surface area contributed by atoms with Gasteiger partial charge in [0.15, 0.2) is 0 Å². The summed E-state index contributed by atoms with van der Waals surface area (Å²) in [5.41, 5.74) is 1.72. The van der Waals surface area contributed by atoms with Gasteiger partial charge in [0.25, 0.3) is 5.91 Å². The summed E-state index contributed by atoms with van der Waals surface area (Å²) in [7, 11) is 0. The molecule has 0 unspecified atom stereocenters. The van der Waals surface area contributed by atoms with Gasteiger partial charge in [-0.15, -0.1) is 0 Å². The molecule has 2 atom stereocenters. The SMILES string of the molecule is C[C@@H]1CCCC[C@H]1NC(=O)/C(C#N)=C/c1ccc(OCc2ccc(F)cc2)cc1. The van der Waals surface area contributed by atoms with Crippen molar-refractivity contribution in [2.45, 2.75) is 45.3 Å². The van der Waals surface area contributed by atoms with Gasteiger partial charge in [-0.05, 0) is 60.2 Å². The van der Waals surface area contributed by atoms with E-state index in [-0.39, 0.29) is 23.3 Å². The zero-order valence-electron chi connectivity index (χ0n) is 16.5. The Morgan fingerprint density at radius 1 is 1.17 bits per heavy atom. The summed E-state index contributed by atoms with van der Waals surface area (Å²) < 4.78 is 18.6. The van der Waals surface area contributed by atoms with Crippen LogP contribution in [0.4, 0.5) is 4.39 Å². The minimum absolute atomic E-state index is 0.0998. The highest BCUT2D eigenvalue weighted by Gasteiger charge is 2.24. The number of rotatable bonds is 6. The van der Waals surface area contributed by atoms with Crippen molar-refractivity contribution in [1.82, 2.24) is 5.32 Å². The number of carbonyl (C=O) groups is 1. The van der Waals surface area contributed by atoms with Gasteiger partial charge in [-0.1, -0.05) is 44.0 Å². The fourth-order valence-corrected chi connectivity index (χ4v) is 3.50. The van der Waals surface area contributed by atoms with E-state index in [4.69, 9.17) is 4.74 Å². The van der Waals surface area contributed by atoms with E-state index in [0.29, 0.717) is 18.3 Å². The highest BCUT2D eigenvalue weighted by Crippen LogP contribution is 2.24. The average Bonchev–Trinajstić information content (AvgIpc) is 2.74. The fraction of sp³-hybridized carbons (Fsp3) is 0.333. The number of nitrogens with one attached hydrogen (secondary N) is 1. The van der Waals surface area contributed by atoms with Gasteiger partial charge in [0.1, 0.15) is 29.8 Å². The molecule has 2 aromatic carbocycles. The molecule has 1 amide bonds. The number of nitrogens with zero attached hydrogens (tertiary/aromatic N) is 1. The molecule has 0 spiro atoms. The minimum atomic E-state index is -0.317. The molecule has 0 saturated heterocycles. The normalized spacial score (nSPS) is 19.3. The van der Waals surface area contributed by atoms with E-state index in [2.05, 4.69) is 12.2 Å². The molecule has 0 radical (unpaired) electrons. The lowest BCUT2D eigenvalue weighted by Crippen LogP contribution is -2.41. The molecular weight excluding hydrogens is 367 g/mol. The number of benzene rings is 2. The van der Waals surface area contributed by atoms with Crippen molar-refractivity contribution in [2.75, 3.05) is 0 Å². The highest BCUT2D eigenvalue weighted by atomic mass is 19.1. The Labute approximate surface area is 171 Å². The minimum Gasteiger partial charge on any atom is -0.489 e. The first-order valence-corrected chi connectivity index (χ1v) is 9.95. The van der Waals surface area contributed by atoms with E-state index >= 15 is 0 Å². The number of nitriles is 1. The maximum Gasteiger partial charge on any atom is 0.262 e. The summed E-state index contributed by atoms with van der Waals surface area (Å²) in [6.45, 7) is 2.48. The Kier molecular flexibility index (Phi) is 7.02. The Balaban J connectivity index is 1.59. The summed E-state index contributed by atoms with van der Waals surface area (Å²) in [4.78, 5) is 12.5. The summed E-state index contributed by atoms with van der Waals surface area (Å²) in [6.07, 6.45) is 5.97. The van der Waals surface area contributed by atoms with Crippen LogP contribution in [0.1, 0.15) is 43.7 Å². The third-order valence-electron chi connectivity index (χ3n) is 5.30. The van der Waals surface area contributed by atoms with E-state index < -0.39 is 0 Å². The molecule has 0 heterocycles. The van der Waals surface area contributed by atoms with Gasteiger partial charge in [-0.2, -0.15) is 5.26 Å². The van der Waals surface area contributed by atoms with Gasteiger partial charge in [-0.25, -0.2) is 4.39 Å². The molecule has 2 aromatic rings. The van der Waals surface area contributed by atoms with Crippen LogP contribution in [0, 0.1) is 23.1 Å². The zero-order chi connectivity index (χ0) is 20.6. The van der Waals surface area contributed by atoms with Gasteiger partial charge >= 0.3 is 0 Å². The molecule has 1 saturated carbocycles. The second-order valence-corrected chi connectivity index (χ2v) is 7.50. The van der Waals surface area contributed by atoms with Crippen LogP contribution in [-0.2, 0) is 11.4 Å². The van der Waals surface area contributed by atoms with Crippen molar-refractivity contribution in [3.63, 3.8) is 0 Å². The van der Waals surface area contributed by atoms with Crippen LogP contribution >= 0.6 is 0 Å². The van der Waals surface area contributed by atoms with Crippen molar-refractivity contribution in [2.24, 2.45) is 5.92 Å². The van der Waals surface area contributed by atoms with Crippen LogP contribution < -0.4 is 10.1 Å². The van der Waals surface area contributed by atoms with Crippen molar-refractivity contribution in [3.05, 3.63) is 71.0 Å². The molecule has 0 aromatic heterocycles. The highest BCUT2D eigenvalue weighted by molar-refractivity contribution is 6.01. The summed E-state index contributed by atoms with van der Waals surface area (Å²) in [5, 5.41) is 12.4. The molecule has 5 heteroatoms. The van der Waals surface area contributed by atoms with E-state index in [1.165, 1.54) is 18.6 Å². The van der Waals surface area contributed by atoms with Gasteiger partial charge in [0, 0.05) is 6.04 Å². The molecule has 0 aliphatic heterocycles. The third kappa shape index (κ3) is 5.92. The van der Waals surface area contributed by atoms with Crippen molar-refractivity contribution in [1.29, 1.82) is 5.26 Å². The van der Waals surface area contributed by atoms with Gasteiger partial charge in [0.2, 0.25) is 0 Å². The third-order valence-corrected chi connectivity index (χ3v) is 5.30. The molecule has 150 valence electrons. The first-order valence-electron chi connectivity index (χ1n) is 9.95. The zero-order valence-corrected chi connectivity index (χ0v) is 16.5. The maximum atomic E-state index is 12.9. The molecule has 29 heavy (non-hydrogen) atoms. The molecule has 4 nitrogen and oxygen atoms in total. The Morgan fingerprint density at radius 3 is 2.52 bits per heavy atom. The smallest absolute Gasteiger partial charge is 0.262 e. The van der Waals surface area contributed by atoms with Crippen molar-refractivity contribution >= 4 is 12.0 Å².